The molecule has 13 atom stereocenters. The van der Waals surface area contributed by atoms with Crippen LogP contribution < -0.4 is 37.6 Å². The summed E-state index contributed by atoms with van der Waals surface area (Å²) in [5.74, 6) is -7.23. The molecule has 0 unspecified atom stereocenters. The first-order valence-electron chi connectivity index (χ1n) is 51.0. The summed E-state index contributed by atoms with van der Waals surface area (Å²) in [5.41, 5.74) is 8.01. The number of likely N-dealkylation sites (N-methyl/N-ethyl adjacent to an activating group) is 1. The standard InChI is InChI=1S/C101H157N15O30S/c1-11-71(6)91(83(130-9)64-87(120)114-31-16-20-82(114)93(131-10)72(7)94(123)107-81(98-103-30-60-147-98)61-73-17-13-12-14-18-73)112(8)99(127)90(70(4)5)109-97(126)92-74-22-24-79(63-74)116(92)101(129)146-67-75-21-23-77(105-95(124)80(19-15-29-104-100(102)128)106-96(125)89(69(2)3)108-84(117)27-34-132-37-33-115-85(118)25-26-86(115)119)62-76(75)66-145-68-78-65-113(111-110-78)32-36-134-39-41-136-43-45-138-47-49-140-51-53-142-55-57-144-59-58-143-56-54-141-52-50-139-48-46-137-44-42-135-40-38-133-35-28-88(121)122/h12-14,17-18,21,23,25-26,30,60,62,65,69-72,74,79-83,89-93H,11,15-16,19-20,22,24,27-29,31-59,61,63-64,66-68H2,1-10H3,(H,105,124)(H,106,125)(H,107,123)(H,108,117)(H,109,126)(H,121,122)(H3,102,104,128)/t71-,72+,74-,79+,80-,81-,82-,83+,89-,90-,91-,92-,93+/m0/s1. The molecule has 46 heteroatoms. The second-order valence-electron chi connectivity index (χ2n) is 36.8. The van der Waals surface area contributed by atoms with Gasteiger partial charge >= 0.3 is 18.1 Å². The summed E-state index contributed by atoms with van der Waals surface area (Å²) in [6.07, 6.45) is 7.49. The molecule has 2 saturated heterocycles. The molecule has 2 aromatic heterocycles. The molecule has 4 aliphatic rings. The quantitative estimate of drug-likeness (QED) is 0.0210. The molecule has 3 fully saturated rings. The van der Waals surface area contributed by atoms with Crippen LogP contribution in [0.1, 0.15) is 153 Å². The maximum atomic E-state index is 15.3. The lowest BCUT2D eigenvalue weighted by Crippen LogP contribution is -2.60. The Morgan fingerprint density at radius 3 is 1.71 bits per heavy atom. The second kappa shape index (κ2) is 69.2. The zero-order valence-electron chi connectivity index (χ0n) is 86.8. The van der Waals surface area contributed by atoms with Crippen molar-refractivity contribution in [2.45, 2.75) is 212 Å². The SMILES string of the molecule is CC[C@H](C)[C@@H]([C@@H](CC(=O)N1CCC[C@H]1[C@H](OC)[C@@H](C)C(=O)N[C@@H](Cc1ccccc1)c1nccs1)OC)N(C)C(=O)[C@@H](NC(=O)[C@@H]1[C@H]2CC[C@H](C2)N1C(=O)OCc1ccc(NC(=O)[C@H](CCCNC(N)=O)NC(=O)[C@@H](NC(=O)CCOCCN2C(=O)C=CC2=O)C(C)C)cc1COCc1cn(CCOCCOCCOCCOCCOCCOCCOCCOCCOCCOCCOCCOCCC(=O)O)nn1)C(C)C. The molecule has 1 saturated carbocycles. The third kappa shape index (κ3) is 43.7. The van der Waals surface area contributed by atoms with Gasteiger partial charge in [0.1, 0.15) is 41.5 Å². The van der Waals surface area contributed by atoms with E-state index in [-0.39, 0.29) is 127 Å². The Morgan fingerprint density at radius 1 is 0.599 bits per heavy atom. The zero-order chi connectivity index (χ0) is 106. The number of aliphatic carboxylic acids is 1. The highest BCUT2D eigenvalue weighted by Crippen LogP contribution is 2.43. The Bertz CT molecular complexity index is 4590. The molecule has 0 spiro atoms. The number of nitrogens with zero attached hydrogens (tertiary/aromatic N) is 8. The number of methoxy groups -OCH3 is 2. The molecule has 3 aliphatic heterocycles. The predicted octanol–water partition coefficient (Wildman–Crippen LogP) is 5.12. The van der Waals surface area contributed by atoms with E-state index in [1.165, 1.54) is 23.3 Å². The number of fused-ring (bicyclic) bond motifs is 2. The predicted molar refractivity (Wildman–Crippen MR) is 535 cm³/mol. The monoisotopic (exact) mass is 2090 g/mol. The molecule has 12 amide bonds. The number of hydrogen-bond acceptors (Lipinski definition) is 33. The summed E-state index contributed by atoms with van der Waals surface area (Å²) in [5, 5.41) is 37.0. The van der Waals surface area contributed by atoms with Gasteiger partial charge in [0.15, 0.2) is 0 Å². The summed E-state index contributed by atoms with van der Waals surface area (Å²) in [4.78, 5) is 173. The number of likely N-dealkylation sites (tertiary alicyclic amines) is 2. The lowest BCUT2D eigenvalue weighted by atomic mass is 9.89. The van der Waals surface area contributed by atoms with Crippen molar-refractivity contribution in [1.29, 1.82) is 0 Å². The van der Waals surface area contributed by atoms with E-state index >= 15 is 9.59 Å². The third-order valence-electron chi connectivity index (χ3n) is 25.5. The van der Waals surface area contributed by atoms with Crippen LogP contribution in [0.4, 0.5) is 15.3 Å². The van der Waals surface area contributed by atoms with E-state index in [1.807, 2.05) is 70.3 Å². The first-order valence-corrected chi connectivity index (χ1v) is 51.9. The number of anilines is 1. The molecule has 9 N–H and O–H groups in total. The Balaban J connectivity index is 0.807. The number of carbonyl (C=O) groups excluding carboxylic acids is 11. The molecule has 0 radical (unpaired) electrons. The molecule has 2 aromatic carbocycles. The fourth-order valence-electron chi connectivity index (χ4n) is 17.6. The number of imide groups is 1. The van der Waals surface area contributed by atoms with Gasteiger partial charge in [-0.25, -0.2) is 19.3 Å². The van der Waals surface area contributed by atoms with Gasteiger partial charge in [0.25, 0.3) is 11.8 Å². The number of carbonyl (C=O) groups is 12. The number of primary amides is 1. The van der Waals surface area contributed by atoms with E-state index in [0.29, 0.717) is 220 Å². The molecule has 45 nitrogen and oxygen atoms in total. The van der Waals surface area contributed by atoms with Gasteiger partial charge in [-0.1, -0.05) is 96.5 Å². The minimum Gasteiger partial charge on any atom is -0.481 e. The van der Waals surface area contributed by atoms with Crippen LogP contribution in [0.3, 0.4) is 0 Å². The molecule has 2 bridgehead atoms. The summed E-state index contributed by atoms with van der Waals surface area (Å²) in [6.45, 7) is 22.2. The van der Waals surface area contributed by atoms with E-state index in [9.17, 15) is 47.9 Å². The second-order valence-corrected chi connectivity index (χ2v) is 37.7. The fourth-order valence-corrected chi connectivity index (χ4v) is 18.3. The number of nitrogens with two attached hydrogens (primary N) is 1. The van der Waals surface area contributed by atoms with Crippen molar-refractivity contribution in [3.05, 3.63) is 106 Å². The number of ether oxygens (including phenoxy) is 17. The van der Waals surface area contributed by atoms with Crippen LogP contribution >= 0.6 is 11.3 Å². The fraction of sp³-hybridized carbons (Fsp3) is 0.693. The highest BCUT2D eigenvalue weighted by Gasteiger charge is 2.53. The molecule has 5 heterocycles. The smallest absolute Gasteiger partial charge is 0.411 e. The van der Waals surface area contributed by atoms with Crippen molar-refractivity contribution >= 4 is 88.3 Å². The van der Waals surface area contributed by atoms with E-state index < -0.39 is 132 Å². The van der Waals surface area contributed by atoms with Gasteiger partial charge in [-0.15, -0.1) is 16.4 Å². The van der Waals surface area contributed by atoms with E-state index in [4.69, 9.17) is 91.4 Å². The highest BCUT2D eigenvalue weighted by atomic mass is 32.1. The normalized spacial score (nSPS) is 17.3. The lowest BCUT2D eigenvalue weighted by molar-refractivity contribution is -0.148. The maximum Gasteiger partial charge on any atom is 0.411 e. The van der Waals surface area contributed by atoms with Crippen molar-refractivity contribution in [3.63, 3.8) is 0 Å². The molecule has 4 aromatic rings. The minimum absolute atomic E-state index is 0.00677. The molecule has 1 aliphatic carbocycles. The average Bonchev–Trinajstić information content (AvgIpc) is 1.60. The largest absolute Gasteiger partial charge is 0.481 e. The number of urea groups is 1. The van der Waals surface area contributed by atoms with Gasteiger partial charge in [0, 0.05) is 76.2 Å². The van der Waals surface area contributed by atoms with Crippen LogP contribution in [-0.2, 0) is 161 Å². The van der Waals surface area contributed by atoms with Crippen molar-refractivity contribution in [2.24, 2.45) is 35.3 Å². The summed E-state index contributed by atoms with van der Waals surface area (Å²) >= 11 is 1.46. The number of hydrogen-bond donors (Lipinski definition) is 8. The number of benzene rings is 2. The molecule has 822 valence electrons. The van der Waals surface area contributed by atoms with Crippen LogP contribution in [0.5, 0.6) is 0 Å². The average molecular weight is 2090 g/mol. The number of amides is 12. The first-order chi connectivity index (χ1) is 71.1. The van der Waals surface area contributed by atoms with Gasteiger partial charge in [0.05, 0.1) is 253 Å². The number of nitrogens with one attached hydrogen (secondary N) is 6. The van der Waals surface area contributed by atoms with Crippen molar-refractivity contribution < 1.29 is 143 Å². The third-order valence-corrected chi connectivity index (χ3v) is 26.4. The molecule has 8 rings (SSSR count). The maximum absolute atomic E-state index is 15.3. The van der Waals surface area contributed by atoms with Crippen molar-refractivity contribution in [2.75, 3.05) is 218 Å². The van der Waals surface area contributed by atoms with E-state index in [0.717, 1.165) is 27.6 Å². The van der Waals surface area contributed by atoms with Crippen LogP contribution in [-0.4, -0.2) is 383 Å². The zero-order valence-corrected chi connectivity index (χ0v) is 87.7. The molecular weight excluding hydrogens is 1940 g/mol. The van der Waals surface area contributed by atoms with Crippen LogP contribution in [0.25, 0.3) is 0 Å². The van der Waals surface area contributed by atoms with E-state index in [1.54, 1.807) is 73.1 Å². The number of thiazole rings is 1. The van der Waals surface area contributed by atoms with Crippen molar-refractivity contribution in [1.82, 2.24) is 66.2 Å². The van der Waals surface area contributed by atoms with Crippen LogP contribution in [0.2, 0.25) is 0 Å². The Hall–Kier alpha value is -10.2. The Morgan fingerprint density at radius 2 is 1.16 bits per heavy atom. The first kappa shape index (κ1) is 122. The van der Waals surface area contributed by atoms with Gasteiger partial charge in [0.2, 0.25) is 41.4 Å². The Labute approximate surface area is 865 Å². The van der Waals surface area contributed by atoms with Gasteiger partial charge in [-0.2, -0.15) is 0 Å². The van der Waals surface area contributed by atoms with Crippen molar-refractivity contribution in [3.8, 4) is 0 Å². The van der Waals surface area contributed by atoms with Gasteiger partial charge < -0.3 is 133 Å². The van der Waals surface area contributed by atoms with Crippen LogP contribution in [0.15, 0.2) is 78.5 Å². The Kier molecular flexibility index (Phi) is 57.4. The highest BCUT2D eigenvalue weighted by molar-refractivity contribution is 7.09. The number of rotatable bonds is 80. The number of piperidine rings is 1. The van der Waals surface area contributed by atoms with Crippen LogP contribution in [0, 0.1) is 29.6 Å². The van der Waals surface area contributed by atoms with E-state index in [2.05, 4.69) is 47.2 Å². The molecule has 147 heavy (non-hydrogen) atoms. The number of carboxylic acid groups (broad SMARTS) is 1. The topological polar surface area (TPSA) is 537 Å². The summed E-state index contributed by atoms with van der Waals surface area (Å²) in [7, 11) is 4.73. The lowest BCUT2D eigenvalue weighted by Gasteiger charge is -2.41. The minimum atomic E-state index is -1.25. The van der Waals surface area contributed by atoms with Gasteiger partial charge in [-0.05, 0) is 104 Å². The number of carboxylic acids is 1. The van der Waals surface area contributed by atoms with Gasteiger partial charge in [-0.3, -0.25) is 57.7 Å². The molecular formula is C101H157N15O30S. The summed E-state index contributed by atoms with van der Waals surface area (Å²) in [6, 6.07) is 7.56. The summed E-state index contributed by atoms with van der Waals surface area (Å²) < 4.78 is 98.4. The number of aromatic nitrogens is 4.